The molecule has 3 aromatic rings. The molecule has 105 valence electrons. The van der Waals surface area contributed by atoms with E-state index in [0.717, 1.165) is 11.5 Å². The van der Waals surface area contributed by atoms with E-state index in [2.05, 4.69) is 48.5 Å². The Kier molecular flexibility index (Phi) is 2.36. The largest absolute Gasteiger partial charge is 0.441 e. The SMILES string of the molecule is c1ccc2c(c1)O[C](C1c3ccccc3-c3ccccc31)O2. The van der Waals surface area contributed by atoms with Crippen molar-refractivity contribution >= 4 is 0 Å². The summed E-state index contributed by atoms with van der Waals surface area (Å²) in [5.74, 6) is 1.61. The number of fused-ring (bicyclic) bond motifs is 4. The van der Waals surface area contributed by atoms with Crippen LogP contribution in [0.3, 0.4) is 0 Å². The number of ether oxygens (including phenoxy) is 2. The summed E-state index contributed by atoms with van der Waals surface area (Å²) in [7, 11) is 0. The Hall–Kier alpha value is -2.74. The molecule has 2 heteroatoms. The van der Waals surface area contributed by atoms with Crippen LogP contribution in [0.15, 0.2) is 72.8 Å². The number of rotatable bonds is 1. The Labute approximate surface area is 128 Å². The van der Waals surface area contributed by atoms with Crippen molar-refractivity contribution in [3.8, 4) is 22.6 Å². The molecule has 1 heterocycles. The zero-order valence-electron chi connectivity index (χ0n) is 11.8. The van der Waals surface area contributed by atoms with E-state index in [9.17, 15) is 0 Å². The highest BCUT2D eigenvalue weighted by atomic mass is 16.7. The standard InChI is InChI=1S/C20H13O2/c1-3-9-15-13(7-1)14-8-2-4-10-16(14)19(15)20-21-17-11-5-6-12-18(17)22-20/h1-12,19H. The lowest BCUT2D eigenvalue weighted by molar-refractivity contribution is 0.156. The van der Waals surface area contributed by atoms with Crippen LogP contribution in [0.4, 0.5) is 0 Å². The zero-order valence-corrected chi connectivity index (χ0v) is 11.8. The van der Waals surface area contributed by atoms with E-state index in [1.165, 1.54) is 22.3 Å². The van der Waals surface area contributed by atoms with Crippen LogP contribution in [0.25, 0.3) is 11.1 Å². The second-order valence-corrected chi connectivity index (χ2v) is 5.58. The van der Waals surface area contributed by atoms with Crippen LogP contribution in [-0.2, 0) is 0 Å². The third-order valence-corrected chi connectivity index (χ3v) is 4.34. The molecule has 0 amide bonds. The molecular formula is C20H13O2. The lowest BCUT2D eigenvalue weighted by atomic mass is 9.96. The van der Waals surface area contributed by atoms with Crippen LogP contribution in [0.2, 0.25) is 0 Å². The molecular weight excluding hydrogens is 272 g/mol. The van der Waals surface area contributed by atoms with E-state index in [1.54, 1.807) is 0 Å². The van der Waals surface area contributed by atoms with Gasteiger partial charge >= 0.3 is 6.29 Å². The average molecular weight is 285 g/mol. The van der Waals surface area contributed by atoms with Gasteiger partial charge in [-0.25, -0.2) is 0 Å². The summed E-state index contributed by atoms with van der Waals surface area (Å²) >= 11 is 0. The maximum atomic E-state index is 6.00. The maximum absolute atomic E-state index is 6.00. The summed E-state index contributed by atoms with van der Waals surface area (Å²) in [5.41, 5.74) is 5.01. The molecule has 0 N–H and O–H groups in total. The molecule has 1 aliphatic heterocycles. The predicted molar refractivity (Wildman–Crippen MR) is 84.7 cm³/mol. The van der Waals surface area contributed by atoms with Gasteiger partial charge in [-0.3, -0.25) is 0 Å². The first-order valence-corrected chi connectivity index (χ1v) is 7.41. The number of hydrogen-bond acceptors (Lipinski definition) is 2. The summed E-state index contributed by atoms with van der Waals surface area (Å²) < 4.78 is 12.0. The first kappa shape index (κ1) is 11.9. The smallest absolute Gasteiger partial charge is 0.342 e. The monoisotopic (exact) mass is 285 g/mol. The van der Waals surface area contributed by atoms with Gasteiger partial charge in [0, 0.05) is 0 Å². The van der Waals surface area contributed by atoms with Crippen molar-refractivity contribution < 1.29 is 9.47 Å². The quantitative estimate of drug-likeness (QED) is 0.641. The van der Waals surface area contributed by atoms with Crippen molar-refractivity contribution in [3.63, 3.8) is 0 Å². The fourth-order valence-corrected chi connectivity index (χ4v) is 3.38. The van der Waals surface area contributed by atoms with Gasteiger partial charge in [-0.1, -0.05) is 60.7 Å². The van der Waals surface area contributed by atoms with E-state index in [4.69, 9.17) is 9.47 Å². The van der Waals surface area contributed by atoms with Gasteiger partial charge in [-0.2, -0.15) is 0 Å². The maximum Gasteiger partial charge on any atom is 0.342 e. The van der Waals surface area contributed by atoms with Gasteiger partial charge in [-0.05, 0) is 34.4 Å². The van der Waals surface area contributed by atoms with Crippen molar-refractivity contribution in [3.05, 3.63) is 90.2 Å². The molecule has 22 heavy (non-hydrogen) atoms. The third kappa shape index (κ3) is 1.55. The molecule has 0 saturated carbocycles. The van der Waals surface area contributed by atoms with Crippen LogP contribution in [-0.4, -0.2) is 0 Å². The van der Waals surface area contributed by atoms with Gasteiger partial charge in [-0.15, -0.1) is 0 Å². The summed E-state index contributed by atoms with van der Waals surface area (Å²) in [6, 6.07) is 24.7. The van der Waals surface area contributed by atoms with E-state index in [-0.39, 0.29) is 5.92 Å². The molecule has 2 nitrogen and oxygen atoms in total. The van der Waals surface area contributed by atoms with Gasteiger partial charge in [0.2, 0.25) is 0 Å². The van der Waals surface area contributed by atoms with Crippen molar-refractivity contribution in [2.75, 3.05) is 0 Å². The van der Waals surface area contributed by atoms with Crippen LogP contribution in [0.5, 0.6) is 11.5 Å². The zero-order chi connectivity index (χ0) is 14.5. The molecule has 5 rings (SSSR count). The normalized spacial score (nSPS) is 15.6. The molecule has 0 fully saturated rings. The highest BCUT2D eigenvalue weighted by Crippen LogP contribution is 2.52. The molecule has 1 radical (unpaired) electrons. The van der Waals surface area contributed by atoms with Crippen LogP contribution < -0.4 is 9.47 Å². The molecule has 0 saturated heterocycles. The fourth-order valence-electron chi connectivity index (χ4n) is 3.38. The van der Waals surface area contributed by atoms with Gasteiger partial charge < -0.3 is 9.47 Å². The van der Waals surface area contributed by atoms with Gasteiger partial charge in [0.15, 0.2) is 11.5 Å². The highest BCUT2D eigenvalue weighted by molar-refractivity contribution is 5.79. The molecule has 0 bridgehead atoms. The molecule has 0 unspecified atom stereocenters. The summed E-state index contributed by atoms with van der Waals surface area (Å²) in [6.07, 6.45) is 0.651. The van der Waals surface area contributed by atoms with E-state index < -0.39 is 0 Å². The van der Waals surface area contributed by atoms with E-state index in [0.29, 0.717) is 6.29 Å². The highest BCUT2D eigenvalue weighted by Gasteiger charge is 2.42. The predicted octanol–water partition coefficient (Wildman–Crippen LogP) is 4.76. The van der Waals surface area contributed by atoms with Gasteiger partial charge in [0.25, 0.3) is 0 Å². The Morgan fingerprint density at radius 2 is 1.00 bits per heavy atom. The second kappa shape index (κ2) is 4.38. The molecule has 0 aromatic heterocycles. The van der Waals surface area contributed by atoms with E-state index >= 15 is 0 Å². The minimum absolute atomic E-state index is 0.0276. The van der Waals surface area contributed by atoms with Gasteiger partial charge in [0.1, 0.15) is 0 Å². The molecule has 3 aromatic carbocycles. The van der Waals surface area contributed by atoms with Crippen LogP contribution in [0, 0.1) is 6.29 Å². The van der Waals surface area contributed by atoms with Crippen molar-refractivity contribution in [1.82, 2.24) is 0 Å². The second-order valence-electron chi connectivity index (χ2n) is 5.58. The summed E-state index contributed by atoms with van der Waals surface area (Å²) in [4.78, 5) is 0. The Balaban J connectivity index is 1.64. The number of para-hydroxylation sites is 2. The minimum Gasteiger partial charge on any atom is -0.441 e. The molecule has 1 aliphatic carbocycles. The van der Waals surface area contributed by atoms with Crippen molar-refractivity contribution in [2.45, 2.75) is 5.92 Å². The molecule has 0 spiro atoms. The number of benzene rings is 3. The first-order valence-electron chi connectivity index (χ1n) is 7.41. The Morgan fingerprint density at radius 1 is 0.545 bits per heavy atom. The third-order valence-electron chi connectivity index (χ3n) is 4.34. The van der Waals surface area contributed by atoms with Crippen molar-refractivity contribution in [2.24, 2.45) is 0 Å². The minimum atomic E-state index is 0.0276. The average Bonchev–Trinajstić information content (AvgIpc) is 3.13. The Bertz CT molecular complexity index is 798. The molecule has 0 atom stereocenters. The first-order chi connectivity index (χ1) is 10.9. The Morgan fingerprint density at radius 3 is 1.55 bits per heavy atom. The lowest BCUT2D eigenvalue weighted by Crippen LogP contribution is -2.17. The topological polar surface area (TPSA) is 18.5 Å². The lowest BCUT2D eigenvalue weighted by Gasteiger charge is -2.17. The fraction of sp³-hybridized carbons (Fsp3) is 0.0500. The summed E-state index contributed by atoms with van der Waals surface area (Å²) in [6.45, 7) is 0. The number of hydrogen-bond donors (Lipinski definition) is 0. The summed E-state index contributed by atoms with van der Waals surface area (Å²) in [5, 5.41) is 0. The molecule has 2 aliphatic rings. The van der Waals surface area contributed by atoms with Crippen LogP contribution >= 0.6 is 0 Å². The van der Waals surface area contributed by atoms with E-state index in [1.807, 2.05) is 24.3 Å². The van der Waals surface area contributed by atoms with Gasteiger partial charge in [0.05, 0.1) is 5.92 Å². The van der Waals surface area contributed by atoms with Crippen molar-refractivity contribution in [1.29, 1.82) is 0 Å². The van der Waals surface area contributed by atoms with Crippen LogP contribution in [0.1, 0.15) is 17.0 Å².